The van der Waals surface area contributed by atoms with Crippen molar-refractivity contribution in [1.29, 1.82) is 0 Å². The lowest BCUT2D eigenvalue weighted by Gasteiger charge is -2.24. The van der Waals surface area contributed by atoms with Crippen LogP contribution in [0.1, 0.15) is 28.8 Å². The van der Waals surface area contributed by atoms with Gasteiger partial charge in [-0.15, -0.1) is 0 Å². The van der Waals surface area contributed by atoms with Crippen LogP contribution < -0.4 is 4.74 Å². The summed E-state index contributed by atoms with van der Waals surface area (Å²) >= 11 is 6.37. The third-order valence-electron chi connectivity index (χ3n) is 6.09. The second-order valence-corrected chi connectivity index (χ2v) is 9.17. The SMILES string of the molecule is Cn1nc(-c2ccccc2)c(CN(CC2CC2)C(=O)c2ccccc2F)c1Oc1ccccc1Cl. The number of carbonyl (C=O) groups is 1. The molecule has 0 spiro atoms. The highest BCUT2D eigenvalue weighted by Gasteiger charge is 2.31. The highest BCUT2D eigenvalue weighted by atomic mass is 35.5. The smallest absolute Gasteiger partial charge is 0.257 e. The molecule has 0 bridgehead atoms. The van der Waals surface area contributed by atoms with Crippen LogP contribution in [0.15, 0.2) is 78.9 Å². The van der Waals surface area contributed by atoms with Gasteiger partial charge < -0.3 is 9.64 Å². The van der Waals surface area contributed by atoms with Gasteiger partial charge in [-0.25, -0.2) is 9.07 Å². The minimum atomic E-state index is -0.527. The van der Waals surface area contributed by atoms with Crippen LogP contribution >= 0.6 is 11.6 Å². The molecule has 4 aromatic rings. The summed E-state index contributed by atoms with van der Waals surface area (Å²) in [4.78, 5) is 15.2. The Morgan fingerprint density at radius 3 is 2.46 bits per heavy atom. The normalized spacial score (nSPS) is 13.0. The van der Waals surface area contributed by atoms with Crippen molar-refractivity contribution < 1.29 is 13.9 Å². The van der Waals surface area contributed by atoms with Gasteiger partial charge in [0, 0.05) is 19.2 Å². The molecule has 1 aromatic heterocycles. The van der Waals surface area contributed by atoms with E-state index in [1.165, 1.54) is 12.1 Å². The summed E-state index contributed by atoms with van der Waals surface area (Å²) in [5.74, 6) is 0.517. The first-order chi connectivity index (χ1) is 17.0. The molecule has 0 unspecified atom stereocenters. The van der Waals surface area contributed by atoms with E-state index in [0.29, 0.717) is 34.8 Å². The van der Waals surface area contributed by atoms with Crippen molar-refractivity contribution in [3.63, 3.8) is 0 Å². The fourth-order valence-corrected chi connectivity index (χ4v) is 4.28. The van der Waals surface area contributed by atoms with Crippen molar-refractivity contribution in [2.24, 2.45) is 13.0 Å². The molecule has 0 radical (unpaired) electrons. The number of amides is 1. The maximum absolute atomic E-state index is 14.5. The first kappa shape index (κ1) is 23.1. The molecule has 7 heteroatoms. The number of hydrogen-bond donors (Lipinski definition) is 0. The Kier molecular flexibility index (Phi) is 6.55. The molecule has 178 valence electrons. The van der Waals surface area contributed by atoms with Crippen LogP contribution in [0.25, 0.3) is 11.3 Å². The zero-order valence-corrected chi connectivity index (χ0v) is 20.1. The van der Waals surface area contributed by atoms with Crippen LogP contribution in [0.5, 0.6) is 11.6 Å². The van der Waals surface area contributed by atoms with Crippen molar-refractivity contribution >= 4 is 17.5 Å². The van der Waals surface area contributed by atoms with Crippen molar-refractivity contribution in [3.05, 3.63) is 101 Å². The number of halogens is 2. The lowest BCUT2D eigenvalue weighted by Crippen LogP contribution is -2.33. The molecule has 0 aliphatic heterocycles. The molecule has 35 heavy (non-hydrogen) atoms. The van der Waals surface area contributed by atoms with E-state index in [1.54, 1.807) is 40.9 Å². The molecule has 5 rings (SSSR count). The summed E-state index contributed by atoms with van der Waals surface area (Å²) in [6, 6.07) is 23.1. The van der Waals surface area contributed by atoms with Gasteiger partial charge in [-0.3, -0.25) is 4.79 Å². The molecule has 5 nitrogen and oxygen atoms in total. The standard InChI is InChI=1S/C28H25ClFN3O2/c1-32-28(35-25-14-8-6-12-23(25)29)22(26(31-32)20-9-3-2-4-10-20)18-33(17-19-15-16-19)27(34)21-11-5-7-13-24(21)30/h2-14,19H,15-18H2,1H3. The summed E-state index contributed by atoms with van der Waals surface area (Å²) in [7, 11) is 1.80. The molecule has 0 N–H and O–H groups in total. The molecule has 3 aromatic carbocycles. The van der Waals surface area contributed by atoms with E-state index < -0.39 is 5.82 Å². The van der Waals surface area contributed by atoms with E-state index in [-0.39, 0.29) is 18.0 Å². The summed E-state index contributed by atoms with van der Waals surface area (Å²) in [6.45, 7) is 0.767. The zero-order chi connectivity index (χ0) is 24.4. The lowest BCUT2D eigenvalue weighted by molar-refractivity contribution is 0.0729. The van der Waals surface area contributed by atoms with Gasteiger partial charge in [-0.1, -0.05) is 66.2 Å². The number of benzene rings is 3. The number of aromatic nitrogens is 2. The number of aryl methyl sites for hydroxylation is 1. The number of ether oxygens (including phenoxy) is 1. The Morgan fingerprint density at radius 1 is 1.06 bits per heavy atom. The van der Waals surface area contributed by atoms with Crippen molar-refractivity contribution in [2.75, 3.05) is 6.54 Å². The van der Waals surface area contributed by atoms with Gasteiger partial charge in [0.15, 0.2) is 0 Å². The van der Waals surface area contributed by atoms with E-state index in [1.807, 2.05) is 42.5 Å². The van der Waals surface area contributed by atoms with Crippen LogP contribution in [-0.4, -0.2) is 27.1 Å². The third-order valence-corrected chi connectivity index (χ3v) is 6.41. The minimum Gasteiger partial charge on any atom is -0.437 e. The van der Waals surface area contributed by atoms with Crippen LogP contribution in [0.3, 0.4) is 0 Å². The summed E-state index contributed by atoms with van der Waals surface area (Å²) < 4.78 is 22.5. The predicted molar refractivity (Wildman–Crippen MR) is 134 cm³/mol. The van der Waals surface area contributed by atoms with Gasteiger partial charge in [0.2, 0.25) is 5.88 Å². The van der Waals surface area contributed by atoms with Crippen molar-refractivity contribution in [1.82, 2.24) is 14.7 Å². The average molecular weight is 490 g/mol. The number of carbonyl (C=O) groups excluding carboxylic acids is 1. The van der Waals surface area contributed by atoms with Gasteiger partial charge in [-0.2, -0.15) is 5.10 Å². The second kappa shape index (κ2) is 9.92. The van der Waals surface area contributed by atoms with Crippen LogP contribution in [-0.2, 0) is 13.6 Å². The molecular weight excluding hydrogens is 465 g/mol. The lowest BCUT2D eigenvalue weighted by atomic mass is 10.1. The van der Waals surface area contributed by atoms with E-state index >= 15 is 0 Å². The Hall–Kier alpha value is -3.64. The maximum atomic E-state index is 14.5. The first-order valence-corrected chi connectivity index (χ1v) is 12.0. The van der Waals surface area contributed by atoms with Crippen LogP contribution in [0.4, 0.5) is 4.39 Å². The number of hydrogen-bond acceptors (Lipinski definition) is 3. The number of nitrogens with zero attached hydrogens (tertiary/aromatic N) is 3. The first-order valence-electron chi connectivity index (χ1n) is 11.6. The Balaban J connectivity index is 1.58. The topological polar surface area (TPSA) is 47.4 Å². The Bertz CT molecular complexity index is 1350. The van der Waals surface area contributed by atoms with E-state index in [4.69, 9.17) is 21.4 Å². The third kappa shape index (κ3) is 5.08. The number of para-hydroxylation sites is 1. The highest BCUT2D eigenvalue weighted by Crippen LogP contribution is 2.38. The molecule has 0 saturated heterocycles. The molecule has 1 saturated carbocycles. The van der Waals surface area contributed by atoms with Gasteiger partial charge in [0.05, 0.1) is 22.7 Å². The number of rotatable bonds is 8. The van der Waals surface area contributed by atoms with E-state index in [2.05, 4.69) is 0 Å². The van der Waals surface area contributed by atoms with Gasteiger partial charge in [0.1, 0.15) is 17.3 Å². The van der Waals surface area contributed by atoms with Gasteiger partial charge in [-0.05, 0) is 43.0 Å². The van der Waals surface area contributed by atoms with Gasteiger partial charge in [0.25, 0.3) is 5.91 Å². The summed E-state index contributed by atoms with van der Waals surface area (Å²) in [6.07, 6.45) is 2.12. The average Bonchev–Trinajstić information content (AvgIpc) is 3.64. The largest absolute Gasteiger partial charge is 0.437 e. The maximum Gasteiger partial charge on any atom is 0.257 e. The van der Waals surface area contributed by atoms with Crippen molar-refractivity contribution in [2.45, 2.75) is 19.4 Å². The quantitative estimate of drug-likeness (QED) is 0.276. The molecule has 0 atom stereocenters. The van der Waals surface area contributed by atoms with E-state index in [9.17, 15) is 9.18 Å². The van der Waals surface area contributed by atoms with Crippen LogP contribution in [0, 0.1) is 11.7 Å². The van der Waals surface area contributed by atoms with Gasteiger partial charge >= 0.3 is 0 Å². The fraction of sp³-hybridized carbons (Fsp3) is 0.214. The predicted octanol–water partition coefficient (Wildman–Crippen LogP) is 6.72. The Morgan fingerprint density at radius 2 is 1.74 bits per heavy atom. The zero-order valence-electron chi connectivity index (χ0n) is 19.3. The Labute approximate surface area is 208 Å². The van der Waals surface area contributed by atoms with Crippen molar-refractivity contribution in [3.8, 4) is 22.9 Å². The molecule has 1 amide bonds. The minimum absolute atomic E-state index is 0.0619. The highest BCUT2D eigenvalue weighted by molar-refractivity contribution is 6.32. The summed E-state index contributed by atoms with van der Waals surface area (Å²) in [5, 5.41) is 5.21. The molecular formula is C28H25ClFN3O2. The van der Waals surface area contributed by atoms with Crippen LogP contribution in [0.2, 0.25) is 5.02 Å². The summed E-state index contributed by atoms with van der Waals surface area (Å²) in [5.41, 5.74) is 2.41. The molecule has 1 aliphatic rings. The molecule has 1 aliphatic carbocycles. The monoisotopic (exact) mass is 489 g/mol. The second-order valence-electron chi connectivity index (χ2n) is 8.76. The van der Waals surface area contributed by atoms with E-state index in [0.717, 1.165) is 24.0 Å². The fourth-order valence-electron chi connectivity index (χ4n) is 4.11. The molecule has 1 fully saturated rings. The molecule has 1 heterocycles.